The highest BCUT2D eigenvalue weighted by Gasteiger charge is 2.14. The summed E-state index contributed by atoms with van der Waals surface area (Å²) in [6.45, 7) is -0.0426. The number of nitrogens with one attached hydrogen (secondary N) is 2. The van der Waals surface area contributed by atoms with Gasteiger partial charge in [-0.25, -0.2) is 13.2 Å². The fourth-order valence-corrected chi connectivity index (χ4v) is 2.35. The predicted molar refractivity (Wildman–Crippen MR) is 75.1 cm³/mol. The van der Waals surface area contributed by atoms with Gasteiger partial charge in [-0.3, -0.25) is 4.72 Å². The molecule has 0 aromatic heterocycles. The molecular weight excluding hydrogens is 284 g/mol. The summed E-state index contributed by atoms with van der Waals surface area (Å²) < 4.78 is 24.7. The van der Waals surface area contributed by atoms with Crippen molar-refractivity contribution in [3.8, 4) is 0 Å². The van der Waals surface area contributed by atoms with Crippen molar-refractivity contribution in [2.75, 3.05) is 17.6 Å². The van der Waals surface area contributed by atoms with Gasteiger partial charge in [0.05, 0.1) is 12.3 Å². The van der Waals surface area contributed by atoms with Gasteiger partial charge in [-0.15, -0.1) is 0 Å². The predicted octanol–water partition coefficient (Wildman–Crippen LogP) is 1.14. The van der Waals surface area contributed by atoms with Crippen LogP contribution in [0, 0.1) is 0 Å². The molecule has 112 valence electrons. The lowest BCUT2D eigenvalue weighted by atomic mass is 10.0. The molecule has 0 aliphatic carbocycles. The molecule has 4 N–H and O–H groups in total. The van der Waals surface area contributed by atoms with E-state index < -0.39 is 22.2 Å². The second-order valence-corrected chi connectivity index (χ2v) is 6.12. The van der Waals surface area contributed by atoms with Gasteiger partial charge in [-0.2, -0.15) is 0 Å². The Balaban J connectivity index is 2.95. The first-order valence-corrected chi connectivity index (χ1v) is 7.89. The standard InChI is InChI=1S/C12H18N2O5S/c1-20(18,19)14-10-5-2-4-9(8-10)11(6-3-7-15)13-12(16)17/h2,4-5,8,11,13-15H,3,6-7H2,1H3,(H,16,17). The van der Waals surface area contributed by atoms with Crippen molar-refractivity contribution >= 4 is 21.8 Å². The second-order valence-electron chi connectivity index (χ2n) is 4.37. The van der Waals surface area contributed by atoms with Gasteiger partial charge in [-0.05, 0) is 30.5 Å². The molecule has 0 radical (unpaired) electrons. The van der Waals surface area contributed by atoms with Gasteiger partial charge >= 0.3 is 6.09 Å². The van der Waals surface area contributed by atoms with E-state index in [1.165, 1.54) is 0 Å². The molecule has 20 heavy (non-hydrogen) atoms. The average Bonchev–Trinajstić information content (AvgIpc) is 2.32. The van der Waals surface area contributed by atoms with E-state index in [0.29, 0.717) is 24.1 Å². The fourth-order valence-electron chi connectivity index (χ4n) is 1.80. The van der Waals surface area contributed by atoms with Crippen molar-refractivity contribution in [3.63, 3.8) is 0 Å². The molecule has 0 fully saturated rings. The third-order valence-electron chi connectivity index (χ3n) is 2.54. The van der Waals surface area contributed by atoms with Crippen LogP contribution in [0.25, 0.3) is 0 Å². The van der Waals surface area contributed by atoms with E-state index in [1.54, 1.807) is 24.3 Å². The highest BCUT2D eigenvalue weighted by atomic mass is 32.2. The van der Waals surface area contributed by atoms with Crippen LogP contribution in [-0.4, -0.2) is 37.6 Å². The molecule has 0 bridgehead atoms. The Morgan fingerprint density at radius 3 is 2.65 bits per heavy atom. The normalized spacial score (nSPS) is 12.7. The van der Waals surface area contributed by atoms with Crippen LogP contribution in [0.2, 0.25) is 0 Å². The lowest BCUT2D eigenvalue weighted by Crippen LogP contribution is -2.27. The Morgan fingerprint density at radius 2 is 2.10 bits per heavy atom. The molecule has 1 aromatic carbocycles. The van der Waals surface area contributed by atoms with Crippen LogP contribution >= 0.6 is 0 Å². The molecule has 1 unspecified atom stereocenters. The van der Waals surface area contributed by atoms with E-state index in [4.69, 9.17) is 10.2 Å². The number of aliphatic hydroxyl groups excluding tert-OH is 1. The van der Waals surface area contributed by atoms with Gasteiger partial charge in [0, 0.05) is 12.3 Å². The Bertz CT molecular complexity index is 559. The average molecular weight is 302 g/mol. The Kier molecular flexibility index (Phi) is 5.78. The van der Waals surface area contributed by atoms with Crippen LogP contribution in [-0.2, 0) is 10.0 Å². The van der Waals surface area contributed by atoms with E-state index in [0.717, 1.165) is 6.26 Å². The van der Waals surface area contributed by atoms with Crippen molar-refractivity contribution < 1.29 is 23.4 Å². The molecule has 1 aromatic rings. The summed E-state index contributed by atoms with van der Waals surface area (Å²) in [5, 5.41) is 20.0. The summed E-state index contributed by atoms with van der Waals surface area (Å²) in [5.41, 5.74) is 1.00. The largest absolute Gasteiger partial charge is 0.465 e. The summed E-state index contributed by atoms with van der Waals surface area (Å²) in [6, 6.07) is 5.98. The zero-order valence-electron chi connectivity index (χ0n) is 11.0. The summed E-state index contributed by atoms with van der Waals surface area (Å²) >= 11 is 0. The minimum absolute atomic E-state index is 0.0426. The molecule has 8 heteroatoms. The maximum absolute atomic E-state index is 11.2. The number of benzene rings is 1. The van der Waals surface area contributed by atoms with E-state index in [2.05, 4.69) is 10.0 Å². The third-order valence-corrected chi connectivity index (χ3v) is 3.15. The quantitative estimate of drug-likeness (QED) is 0.603. The van der Waals surface area contributed by atoms with Crippen LogP contribution in [0.1, 0.15) is 24.4 Å². The molecule has 0 heterocycles. The molecule has 0 saturated carbocycles. The summed E-state index contributed by atoms with van der Waals surface area (Å²) in [5.74, 6) is 0. The smallest absolute Gasteiger partial charge is 0.405 e. The first kappa shape index (κ1) is 16.3. The Hall–Kier alpha value is -1.80. The van der Waals surface area contributed by atoms with E-state index in [9.17, 15) is 13.2 Å². The highest BCUT2D eigenvalue weighted by Crippen LogP contribution is 2.22. The van der Waals surface area contributed by atoms with Crippen molar-refractivity contribution in [2.45, 2.75) is 18.9 Å². The zero-order chi connectivity index (χ0) is 15.2. The van der Waals surface area contributed by atoms with Gasteiger partial charge in [0.1, 0.15) is 0 Å². The monoisotopic (exact) mass is 302 g/mol. The molecule has 1 rings (SSSR count). The van der Waals surface area contributed by atoms with Gasteiger partial charge in [0.15, 0.2) is 0 Å². The topological polar surface area (TPSA) is 116 Å². The number of sulfonamides is 1. The minimum Gasteiger partial charge on any atom is -0.465 e. The van der Waals surface area contributed by atoms with E-state index in [-0.39, 0.29) is 6.61 Å². The third kappa shape index (κ3) is 5.89. The Labute approximate surface area is 117 Å². The minimum atomic E-state index is -3.39. The van der Waals surface area contributed by atoms with Crippen LogP contribution < -0.4 is 10.0 Å². The van der Waals surface area contributed by atoms with Gasteiger partial charge in [0.25, 0.3) is 0 Å². The zero-order valence-corrected chi connectivity index (χ0v) is 11.9. The van der Waals surface area contributed by atoms with Gasteiger partial charge in [0.2, 0.25) is 10.0 Å². The molecule has 1 amide bonds. The molecule has 1 atom stereocenters. The van der Waals surface area contributed by atoms with Gasteiger partial charge in [-0.1, -0.05) is 12.1 Å². The van der Waals surface area contributed by atoms with Crippen molar-refractivity contribution in [3.05, 3.63) is 29.8 Å². The lowest BCUT2D eigenvalue weighted by Gasteiger charge is -2.18. The SMILES string of the molecule is CS(=O)(=O)Nc1cccc(C(CCCO)NC(=O)O)c1. The van der Waals surface area contributed by atoms with E-state index >= 15 is 0 Å². The molecule has 0 aliphatic heterocycles. The van der Waals surface area contributed by atoms with Crippen molar-refractivity contribution in [1.29, 1.82) is 0 Å². The summed E-state index contributed by atoms with van der Waals surface area (Å²) in [4.78, 5) is 10.8. The molecule has 7 nitrogen and oxygen atoms in total. The number of rotatable bonds is 7. The lowest BCUT2D eigenvalue weighted by molar-refractivity contribution is 0.187. The fraction of sp³-hybridized carbons (Fsp3) is 0.417. The molecular formula is C12H18N2O5S. The maximum Gasteiger partial charge on any atom is 0.405 e. The maximum atomic E-state index is 11.2. The van der Waals surface area contributed by atoms with Crippen LogP contribution in [0.3, 0.4) is 0 Å². The number of anilines is 1. The van der Waals surface area contributed by atoms with Crippen molar-refractivity contribution in [2.24, 2.45) is 0 Å². The Morgan fingerprint density at radius 1 is 1.40 bits per heavy atom. The number of hydrogen-bond donors (Lipinski definition) is 4. The highest BCUT2D eigenvalue weighted by molar-refractivity contribution is 7.92. The van der Waals surface area contributed by atoms with Crippen LogP contribution in [0.15, 0.2) is 24.3 Å². The van der Waals surface area contributed by atoms with Crippen LogP contribution in [0.5, 0.6) is 0 Å². The molecule has 0 spiro atoms. The van der Waals surface area contributed by atoms with Crippen molar-refractivity contribution in [1.82, 2.24) is 5.32 Å². The number of hydrogen-bond acceptors (Lipinski definition) is 4. The number of carbonyl (C=O) groups is 1. The summed E-state index contributed by atoms with van der Waals surface area (Å²) in [6.07, 6.45) is 0.729. The van der Waals surface area contributed by atoms with Gasteiger partial charge < -0.3 is 15.5 Å². The second kappa shape index (κ2) is 7.11. The number of aliphatic hydroxyl groups is 1. The number of carboxylic acid groups (broad SMARTS) is 1. The number of amides is 1. The first-order valence-electron chi connectivity index (χ1n) is 6.00. The summed E-state index contributed by atoms with van der Waals surface area (Å²) in [7, 11) is -3.39. The molecule has 0 saturated heterocycles. The van der Waals surface area contributed by atoms with Crippen LogP contribution in [0.4, 0.5) is 10.5 Å². The van der Waals surface area contributed by atoms with E-state index in [1.807, 2.05) is 0 Å². The molecule has 0 aliphatic rings. The first-order chi connectivity index (χ1) is 9.31.